The number of aryl methyl sites for hydroxylation is 1. The van der Waals surface area contributed by atoms with Gasteiger partial charge in [-0.3, -0.25) is 0 Å². The van der Waals surface area contributed by atoms with E-state index in [4.69, 9.17) is 23.2 Å². The zero-order chi connectivity index (χ0) is 13.6. The second kappa shape index (κ2) is 4.82. The summed E-state index contributed by atoms with van der Waals surface area (Å²) in [6, 6.07) is 9.66. The Bertz CT molecular complexity index is 741. The van der Waals surface area contributed by atoms with Crippen LogP contribution < -0.4 is 0 Å². The van der Waals surface area contributed by atoms with Crippen molar-refractivity contribution in [2.45, 2.75) is 6.92 Å². The van der Waals surface area contributed by atoms with E-state index in [1.807, 2.05) is 19.1 Å². The molecule has 0 atom stereocenters. The molecule has 0 bridgehead atoms. The SMILES string of the molecule is Cc1cc(-c2nc3cc(Cl)c(Cl)cc3[nH]2)ccc1Br. The van der Waals surface area contributed by atoms with Crippen LogP contribution in [0.1, 0.15) is 5.56 Å². The summed E-state index contributed by atoms with van der Waals surface area (Å²) in [4.78, 5) is 7.80. The molecule has 1 aromatic heterocycles. The smallest absolute Gasteiger partial charge is 0.138 e. The van der Waals surface area contributed by atoms with Gasteiger partial charge in [0.15, 0.2) is 0 Å². The maximum Gasteiger partial charge on any atom is 0.138 e. The molecule has 0 aliphatic carbocycles. The number of nitrogens with one attached hydrogen (secondary N) is 1. The number of hydrogen-bond donors (Lipinski definition) is 1. The Morgan fingerprint density at radius 3 is 2.58 bits per heavy atom. The molecule has 1 heterocycles. The fraction of sp³-hybridized carbons (Fsp3) is 0.0714. The third-order valence-corrected chi connectivity index (χ3v) is 4.57. The van der Waals surface area contributed by atoms with Gasteiger partial charge in [-0.1, -0.05) is 45.2 Å². The number of halogens is 3. The van der Waals surface area contributed by atoms with Crippen LogP contribution in [-0.2, 0) is 0 Å². The summed E-state index contributed by atoms with van der Waals surface area (Å²) in [5.74, 6) is 0.809. The van der Waals surface area contributed by atoms with Crippen molar-refractivity contribution >= 4 is 50.2 Å². The van der Waals surface area contributed by atoms with Gasteiger partial charge in [0.1, 0.15) is 5.82 Å². The van der Waals surface area contributed by atoms with E-state index in [0.29, 0.717) is 10.0 Å². The monoisotopic (exact) mass is 354 g/mol. The van der Waals surface area contributed by atoms with Gasteiger partial charge >= 0.3 is 0 Å². The highest BCUT2D eigenvalue weighted by molar-refractivity contribution is 9.10. The second-order valence-electron chi connectivity index (χ2n) is 4.33. The summed E-state index contributed by atoms with van der Waals surface area (Å²) in [6.45, 7) is 2.05. The molecule has 0 unspecified atom stereocenters. The Morgan fingerprint density at radius 1 is 1.11 bits per heavy atom. The molecular weight excluding hydrogens is 347 g/mol. The molecule has 1 N–H and O–H groups in total. The summed E-state index contributed by atoms with van der Waals surface area (Å²) in [5, 5.41) is 1.04. The van der Waals surface area contributed by atoms with Crippen LogP contribution in [0.4, 0.5) is 0 Å². The van der Waals surface area contributed by atoms with Gasteiger partial charge in [-0.05, 0) is 36.8 Å². The molecule has 2 aromatic carbocycles. The average Bonchev–Trinajstić information content (AvgIpc) is 2.76. The lowest BCUT2D eigenvalue weighted by atomic mass is 10.1. The van der Waals surface area contributed by atoms with Crippen molar-refractivity contribution in [1.29, 1.82) is 0 Å². The normalized spacial score (nSPS) is 11.2. The number of aromatic amines is 1. The first-order valence-electron chi connectivity index (χ1n) is 5.66. The fourth-order valence-corrected chi connectivity index (χ4v) is 2.50. The number of nitrogens with zero attached hydrogens (tertiary/aromatic N) is 1. The standard InChI is InChI=1S/C14H9BrCl2N2/c1-7-4-8(2-3-9(7)15)14-18-12-5-10(16)11(17)6-13(12)19-14/h2-6H,1H3,(H,18,19). The van der Waals surface area contributed by atoms with E-state index in [9.17, 15) is 0 Å². The maximum atomic E-state index is 6.00. The van der Waals surface area contributed by atoms with Crippen molar-refractivity contribution in [1.82, 2.24) is 9.97 Å². The Morgan fingerprint density at radius 2 is 1.84 bits per heavy atom. The third kappa shape index (κ3) is 2.38. The minimum atomic E-state index is 0.513. The van der Waals surface area contributed by atoms with E-state index in [1.165, 1.54) is 0 Å². The Labute approximate surface area is 128 Å². The maximum absolute atomic E-state index is 6.00. The van der Waals surface area contributed by atoms with Crippen LogP contribution >= 0.6 is 39.1 Å². The Hall–Kier alpha value is -1.03. The molecule has 5 heteroatoms. The lowest BCUT2D eigenvalue weighted by molar-refractivity contribution is 1.32. The molecule has 2 nitrogen and oxygen atoms in total. The summed E-state index contributed by atoms with van der Waals surface area (Å²) in [7, 11) is 0. The predicted molar refractivity (Wildman–Crippen MR) is 84.0 cm³/mol. The molecule has 0 aliphatic heterocycles. The molecular formula is C14H9BrCl2N2. The first-order chi connectivity index (χ1) is 9.04. The lowest BCUT2D eigenvalue weighted by Crippen LogP contribution is -1.82. The Balaban J connectivity index is 2.17. The number of benzene rings is 2. The van der Waals surface area contributed by atoms with Crippen molar-refractivity contribution < 1.29 is 0 Å². The van der Waals surface area contributed by atoms with Gasteiger partial charge in [0.05, 0.1) is 21.1 Å². The number of rotatable bonds is 1. The van der Waals surface area contributed by atoms with Crippen molar-refractivity contribution in [3.8, 4) is 11.4 Å². The third-order valence-electron chi connectivity index (χ3n) is 2.96. The molecule has 19 heavy (non-hydrogen) atoms. The van der Waals surface area contributed by atoms with Crippen molar-refractivity contribution in [2.24, 2.45) is 0 Å². The molecule has 0 fully saturated rings. The zero-order valence-electron chi connectivity index (χ0n) is 9.97. The summed E-state index contributed by atoms with van der Waals surface area (Å²) >= 11 is 15.5. The van der Waals surface area contributed by atoms with E-state index in [0.717, 1.165) is 32.5 Å². The van der Waals surface area contributed by atoms with Crippen LogP contribution in [0.2, 0.25) is 10.0 Å². The molecule has 96 valence electrons. The number of fused-ring (bicyclic) bond motifs is 1. The quantitative estimate of drug-likeness (QED) is 0.604. The highest BCUT2D eigenvalue weighted by Crippen LogP contribution is 2.29. The van der Waals surface area contributed by atoms with Crippen molar-refractivity contribution in [3.63, 3.8) is 0 Å². The van der Waals surface area contributed by atoms with E-state index in [1.54, 1.807) is 12.1 Å². The average molecular weight is 356 g/mol. The largest absolute Gasteiger partial charge is 0.338 e. The van der Waals surface area contributed by atoms with Crippen LogP contribution in [-0.4, -0.2) is 9.97 Å². The van der Waals surface area contributed by atoms with Crippen molar-refractivity contribution in [2.75, 3.05) is 0 Å². The van der Waals surface area contributed by atoms with Gasteiger partial charge in [0.2, 0.25) is 0 Å². The first-order valence-corrected chi connectivity index (χ1v) is 7.21. The van der Waals surface area contributed by atoms with E-state index in [-0.39, 0.29) is 0 Å². The van der Waals surface area contributed by atoms with Crippen LogP contribution in [0.25, 0.3) is 22.4 Å². The minimum Gasteiger partial charge on any atom is -0.338 e. The van der Waals surface area contributed by atoms with Gasteiger partial charge in [-0.2, -0.15) is 0 Å². The van der Waals surface area contributed by atoms with Crippen LogP contribution in [0.15, 0.2) is 34.8 Å². The topological polar surface area (TPSA) is 28.7 Å². The van der Waals surface area contributed by atoms with E-state index < -0.39 is 0 Å². The van der Waals surface area contributed by atoms with Gasteiger partial charge in [-0.25, -0.2) is 4.98 Å². The van der Waals surface area contributed by atoms with Crippen LogP contribution in [0.3, 0.4) is 0 Å². The second-order valence-corrected chi connectivity index (χ2v) is 6.00. The highest BCUT2D eigenvalue weighted by atomic mass is 79.9. The fourth-order valence-electron chi connectivity index (χ4n) is 1.93. The zero-order valence-corrected chi connectivity index (χ0v) is 13.1. The molecule has 0 spiro atoms. The van der Waals surface area contributed by atoms with Crippen molar-refractivity contribution in [3.05, 3.63) is 50.4 Å². The molecule has 0 aliphatic rings. The number of H-pyrrole nitrogens is 1. The summed E-state index contributed by atoms with van der Waals surface area (Å²) < 4.78 is 1.08. The molecule has 3 aromatic rings. The van der Waals surface area contributed by atoms with Crippen LogP contribution in [0, 0.1) is 6.92 Å². The highest BCUT2D eigenvalue weighted by Gasteiger charge is 2.09. The molecule has 0 saturated carbocycles. The summed E-state index contributed by atoms with van der Waals surface area (Å²) in [6.07, 6.45) is 0. The van der Waals surface area contributed by atoms with Gasteiger partial charge in [0, 0.05) is 10.0 Å². The van der Waals surface area contributed by atoms with E-state index in [2.05, 4.69) is 32.0 Å². The molecule has 0 saturated heterocycles. The van der Waals surface area contributed by atoms with Gasteiger partial charge in [0.25, 0.3) is 0 Å². The number of hydrogen-bond acceptors (Lipinski definition) is 1. The predicted octanol–water partition coefficient (Wildman–Crippen LogP) is 5.61. The molecule has 0 radical (unpaired) electrons. The minimum absolute atomic E-state index is 0.513. The summed E-state index contributed by atoms with van der Waals surface area (Å²) in [5.41, 5.74) is 3.88. The first kappa shape index (κ1) is 13.0. The number of aromatic nitrogens is 2. The van der Waals surface area contributed by atoms with E-state index >= 15 is 0 Å². The lowest BCUT2D eigenvalue weighted by Gasteiger charge is -2.00. The van der Waals surface area contributed by atoms with Crippen LogP contribution in [0.5, 0.6) is 0 Å². The van der Waals surface area contributed by atoms with Gasteiger partial charge < -0.3 is 4.98 Å². The Kier molecular flexibility index (Phi) is 3.29. The van der Waals surface area contributed by atoms with Gasteiger partial charge in [-0.15, -0.1) is 0 Å². The molecule has 3 rings (SSSR count). The molecule has 0 amide bonds. The number of imidazole rings is 1.